The van der Waals surface area contributed by atoms with Crippen molar-refractivity contribution in [3.8, 4) is 0 Å². The third-order valence-corrected chi connectivity index (χ3v) is 3.44. The number of amides is 2. The van der Waals surface area contributed by atoms with Gasteiger partial charge in [-0.2, -0.15) is 0 Å². The molecule has 1 N–H and O–H groups in total. The quantitative estimate of drug-likeness (QED) is 0.741. The molecule has 3 rings (SSSR count). The summed E-state index contributed by atoms with van der Waals surface area (Å²) in [5.41, 5.74) is 4.02. The first-order chi connectivity index (χ1) is 8.25. The maximum atomic E-state index is 11.7. The summed E-state index contributed by atoms with van der Waals surface area (Å²) >= 11 is 0. The maximum absolute atomic E-state index is 11.7. The normalized spacial score (nSPS) is 18.7. The van der Waals surface area contributed by atoms with E-state index in [1.54, 1.807) is 0 Å². The molecule has 3 nitrogen and oxygen atoms in total. The number of hydrogen-bond donors (Lipinski definition) is 1. The average Bonchev–Trinajstić information content (AvgIpc) is 2.68. The van der Waals surface area contributed by atoms with Gasteiger partial charge in [-0.05, 0) is 42.4 Å². The fourth-order valence-electron chi connectivity index (χ4n) is 2.65. The number of nitrogens with one attached hydrogen (secondary N) is 1. The first kappa shape index (κ1) is 10.3. The van der Waals surface area contributed by atoms with Gasteiger partial charge in [-0.25, -0.2) is 0 Å². The van der Waals surface area contributed by atoms with Crippen LogP contribution in [0.15, 0.2) is 24.3 Å². The van der Waals surface area contributed by atoms with E-state index in [1.165, 1.54) is 23.6 Å². The molecule has 0 saturated heterocycles. The molecule has 0 unspecified atom stereocenters. The molecule has 1 aromatic rings. The highest BCUT2D eigenvalue weighted by Crippen LogP contribution is 2.30. The maximum Gasteiger partial charge on any atom is 0.258 e. The van der Waals surface area contributed by atoms with Gasteiger partial charge >= 0.3 is 0 Å². The molecule has 2 aliphatic rings. The second kappa shape index (κ2) is 3.84. The van der Waals surface area contributed by atoms with Gasteiger partial charge < -0.3 is 0 Å². The molecule has 17 heavy (non-hydrogen) atoms. The lowest BCUT2D eigenvalue weighted by Gasteiger charge is -2.19. The van der Waals surface area contributed by atoms with E-state index in [4.69, 9.17) is 0 Å². The minimum Gasteiger partial charge on any atom is -0.289 e. The van der Waals surface area contributed by atoms with Crippen molar-refractivity contribution in [3.63, 3.8) is 0 Å². The van der Waals surface area contributed by atoms with Crippen molar-refractivity contribution in [2.45, 2.75) is 25.7 Å². The Balaban J connectivity index is 2.12. The molecule has 0 saturated carbocycles. The number of imide groups is 1. The molecule has 1 aromatic carbocycles. The van der Waals surface area contributed by atoms with E-state index in [0.29, 0.717) is 5.57 Å². The van der Waals surface area contributed by atoms with E-state index in [1.807, 2.05) is 12.1 Å². The third-order valence-electron chi connectivity index (χ3n) is 3.44. The zero-order valence-corrected chi connectivity index (χ0v) is 9.45. The van der Waals surface area contributed by atoms with Gasteiger partial charge in [0, 0.05) is 6.08 Å². The number of carbonyl (C=O) groups excluding carboxylic acids is 2. The van der Waals surface area contributed by atoms with Gasteiger partial charge in [0.1, 0.15) is 0 Å². The zero-order chi connectivity index (χ0) is 11.8. The smallest absolute Gasteiger partial charge is 0.258 e. The van der Waals surface area contributed by atoms with Gasteiger partial charge in [0.15, 0.2) is 0 Å². The lowest BCUT2D eigenvalue weighted by Crippen LogP contribution is -2.22. The SMILES string of the molecule is O=C1C=C(c2cccc3c2CCCC3)C(=O)N1. The van der Waals surface area contributed by atoms with Crippen LogP contribution in [0, 0.1) is 0 Å². The van der Waals surface area contributed by atoms with Crippen LogP contribution in [-0.4, -0.2) is 11.8 Å². The number of benzene rings is 1. The molecule has 2 amide bonds. The van der Waals surface area contributed by atoms with E-state index in [0.717, 1.165) is 24.8 Å². The van der Waals surface area contributed by atoms with Gasteiger partial charge in [-0.3, -0.25) is 14.9 Å². The lowest BCUT2D eigenvalue weighted by atomic mass is 9.86. The summed E-state index contributed by atoms with van der Waals surface area (Å²) < 4.78 is 0. The van der Waals surface area contributed by atoms with Crippen LogP contribution in [0.1, 0.15) is 29.5 Å². The van der Waals surface area contributed by atoms with Crippen LogP contribution in [-0.2, 0) is 22.4 Å². The first-order valence-corrected chi connectivity index (χ1v) is 5.94. The van der Waals surface area contributed by atoms with E-state index in [9.17, 15) is 9.59 Å². The second-order valence-electron chi connectivity index (χ2n) is 4.53. The second-order valence-corrected chi connectivity index (χ2v) is 4.53. The summed E-state index contributed by atoms with van der Waals surface area (Å²) in [7, 11) is 0. The summed E-state index contributed by atoms with van der Waals surface area (Å²) in [6.45, 7) is 0. The zero-order valence-electron chi connectivity index (χ0n) is 9.45. The van der Waals surface area contributed by atoms with Crippen LogP contribution in [0.4, 0.5) is 0 Å². The molecule has 3 heteroatoms. The van der Waals surface area contributed by atoms with Gasteiger partial charge in [0.2, 0.25) is 0 Å². The highest BCUT2D eigenvalue weighted by atomic mass is 16.2. The predicted molar refractivity (Wildman–Crippen MR) is 64.2 cm³/mol. The fourth-order valence-corrected chi connectivity index (χ4v) is 2.65. The molecule has 0 fully saturated rings. The number of aryl methyl sites for hydroxylation is 1. The summed E-state index contributed by atoms with van der Waals surface area (Å²) in [6.07, 6.45) is 5.86. The lowest BCUT2D eigenvalue weighted by molar-refractivity contribution is -0.123. The van der Waals surface area contributed by atoms with Crippen LogP contribution in [0.25, 0.3) is 5.57 Å². The summed E-state index contributed by atoms with van der Waals surface area (Å²) in [4.78, 5) is 22.9. The summed E-state index contributed by atoms with van der Waals surface area (Å²) in [5.74, 6) is -0.576. The Hall–Kier alpha value is -1.90. The van der Waals surface area contributed by atoms with Crippen LogP contribution in [0.2, 0.25) is 0 Å². The molecule has 0 bridgehead atoms. The average molecular weight is 227 g/mol. The predicted octanol–water partition coefficient (Wildman–Crippen LogP) is 1.61. The Morgan fingerprint density at radius 2 is 1.88 bits per heavy atom. The highest BCUT2D eigenvalue weighted by Gasteiger charge is 2.25. The molecular formula is C14H13NO2. The molecule has 1 heterocycles. The van der Waals surface area contributed by atoms with Crippen LogP contribution in [0.3, 0.4) is 0 Å². The number of carbonyl (C=O) groups is 2. The van der Waals surface area contributed by atoms with Gasteiger partial charge in [-0.1, -0.05) is 18.2 Å². The topological polar surface area (TPSA) is 46.2 Å². The molecule has 1 aliphatic carbocycles. The molecular weight excluding hydrogens is 214 g/mol. The van der Waals surface area contributed by atoms with Crippen molar-refractivity contribution in [2.75, 3.05) is 0 Å². The summed E-state index contributed by atoms with van der Waals surface area (Å²) in [6, 6.07) is 6.03. The van der Waals surface area contributed by atoms with Gasteiger partial charge in [0.05, 0.1) is 5.57 Å². The third kappa shape index (κ3) is 1.68. The van der Waals surface area contributed by atoms with E-state index in [2.05, 4.69) is 11.4 Å². The molecule has 86 valence electrons. The van der Waals surface area contributed by atoms with Crippen molar-refractivity contribution in [1.29, 1.82) is 0 Å². The van der Waals surface area contributed by atoms with Gasteiger partial charge in [-0.15, -0.1) is 0 Å². The standard InChI is InChI=1S/C14H13NO2/c16-13-8-12(14(17)15-13)11-7-3-5-9-4-1-2-6-10(9)11/h3,5,7-8H,1-2,4,6H2,(H,15,16,17). The Morgan fingerprint density at radius 3 is 2.65 bits per heavy atom. The van der Waals surface area contributed by atoms with Crippen molar-refractivity contribution < 1.29 is 9.59 Å². The van der Waals surface area contributed by atoms with E-state index < -0.39 is 0 Å². The summed E-state index contributed by atoms with van der Waals surface area (Å²) in [5, 5.41) is 2.30. The first-order valence-electron chi connectivity index (χ1n) is 5.94. The molecule has 0 radical (unpaired) electrons. The largest absolute Gasteiger partial charge is 0.289 e. The van der Waals surface area contributed by atoms with Crippen molar-refractivity contribution in [2.24, 2.45) is 0 Å². The van der Waals surface area contributed by atoms with Crippen LogP contribution < -0.4 is 5.32 Å². The van der Waals surface area contributed by atoms with Gasteiger partial charge in [0.25, 0.3) is 11.8 Å². The Labute approximate surface area is 99.5 Å². The number of hydrogen-bond acceptors (Lipinski definition) is 2. The molecule has 0 atom stereocenters. The molecule has 0 spiro atoms. The van der Waals surface area contributed by atoms with E-state index >= 15 is 0 Å². The van der Waals surface area contributed by atoms with Crippen molar-refractivity contribution in [1.82, 2.24) is 5.32 Å². The monoisotopic (exact) mass is 227 g/mol. The van der Waals surface area contributed by atoms with Crippen molar-refractivity contribution >= 4 is 17.4 Å². The molecule has 1 aliphatic heterocycles. The van der Waals surface area contributed by atoms with Crippen molar-refractivity contribution in [3.05, 3.63) is 41.0 Å². The molecule has 0 aromatic heterocycles. The highest BCUT2D eigenvalue weighted by molar-refractivity contribution is 6.33. The minimum absolute atomic E-state index is 0.269. The Bertz CT molecular complexity index is 543. The van der Waals surface area contributed by atoms with Crippen LogP contribution >= 0.6 is 0 Å². The van der Waals surface area contributed by atoms with E-state index in [-0.39, 0.29) is 11.8 Å². The fraction of sp³-hybridized carbons (Fsp3) is 0.286. The minimum atomic E-state index is -0.307. The number of rotatable bonds is 1. The van der Waals surface area contributed by atoms with Crippen LogP contribution in [0.5, 0.6) is 0 Å². The number of fused-ring (bicyclic) bond motifs is 1. The Kier molecular flexibility index (Phi) is 2.32. The Morgan fingerprint density at radius 1 is 1.06 bits per heavy atom.